The Labute approximate surface area is 82.6 Å². The third-order valence-electron chi connectivity index (χ3n) is 2.08. The van der Waals surface area contributed by atoms with E-state index in [0.717, 1.165) is 11.1 Å². The Balaban J connectivity index is 2.22. The van der Waals surface area contributed by atoms with Gasteiger partial charge in [-0.3, -0.25) is 4.79 Å². The van der Waals surface area contributed by atoms with Gasteiger partial charge in [0.1, 0.15) is 0 Å². The molecule has 0 fully saturated rings. The minimum atomic E-state index is -0.788. The number of carbonyl (C=O) groups is 2. The Kier molecular flexibility index (Phi) is 3.68. The SMILES string of the molecule is CCOC(=O)C1=C(CCCC(=O)O)C1. The molecule has 0 heterocycles. The standard InChI is InChI=1S/C10H14O4/c1-2-14-10(13)8-6-7(8)4-3-5-9(11)12/h2-6H2,1H3,(H,11,12). The van der Waals surface area contributed by atoms with Gasteiger partial charge in [0, 0.05) is 18.4 Å². The monoisotopic (exact) mass is 198 g/mol. The fraction of sp³-hybridized carbons (Fsp3) is 0.600. The molecule has 78 valence electrons. The fourth-order valence-corrected chi connectivity index (χ4v) is 1.30. The highest BCUT2D eigenvalue weighted by Crippen LogP contribution is 2.35. The summed E-state index contributed by atoms with van der Waals surface area (Å²) in [5.74, 6) is -1.03. The second-order valence-electron chi connectivity index (χ2n) is 3.23. The van der Waals surface area contributed by atoms with Crippen LogP contribution in [0.4, 0.5) is 0 Å². The van der Waals surface area contributed by atoms with Gasteiger partial charge in [0.15, 0.2) is 0 Å². The van der Waals surface area contributed by atoms with Crippen LogP contribution in [0.5, 0.6) is 0 Å². The topological polar surface area (TPSA) is 63.6 Å². The maximum Gasteiger partial charge on any atom is 0.334 e. The molecule has 4 nitrogen and oxygen atoms in total. The van der Waals surface area contributed by atoms with Crippen LogP contribution in [0.15, 0.2) is 11.1 Å². The van der Waals surface area contributed by atoms with Gasteiger partial charge in [-0.25, -0.2) is 4.79 Å². The number of rotatable bonds is 6. The molecule has 0 aromatic rings. The minimum Gasteiger partial charge on any atom is -0.481 e. The number of ether oxygens (including phenoxy) is 1. The first kappa shape index (κ1) is 10.8. The van der Waals surface area contributed by atoms with Crippen LogP contribution in [-0.4, -0.2) is 23.7 Å². The number of esters is 1. The van der Waals surface area contributed by atoms with Gasteiger partial charge in [-0.2, -0.15) is 0 Å². The van der Waals surface area contributed by atoms with E-state index in [1.54, 1.807) is 6.92 Å². The van der Waals surface area contributed by atoms with Crippen LogP contribution in [0, 0.1) is 0 Å². The predicted octanol–water partition coefficient (Wildman–Crippen LogP) is 1.50. The first-order chi connectivity index (χ1) is 6.65. The lowest BCUT2D eigenvalue weighted by molar-refractivity contribution is -0.138. The first-order valence-electron chi connectivity index (χ1n) is 4.75. The van der Waals surface area contributed by atoms with Gasteiger partial charge in [0.2, 0.25) is 0 Å². The molecule has 0 aromatic heterocycles. The number of carbonyl (C=O) groups excluding carboxylic acids is 1. The average Bonchev–Trinajstić information content (AvgIpc) is 2.84. The van der Waals surface area contributed by atoms with Crippen LogP contribution in [-0.2, 0) is 14.3 Å². The summed E-state index contributed by atoms with van der Waals surface area (Å²) >= 11 is 0. The van der Waals surface area contributed by atoms with Crippen LogP contribution in [0.3, 0.4) is 0 Å². The van der Waals surface area contributed by atoms with E-state index in [1.807, 2.05) is 0 Å². The van der Waals surface area contributed by atoms with Crippen LogP contribution >= 0.6 is 0 Å². The van der Waals surface area contributed by atoms with Crippen molar-refractivity contribution in [3.63, 3.8) is 0 Å². The van der Waals surface area contributed by atoms with Crippen LogP contribution in [0.25, 0.3) is 0 Å². The lowest BCUT2D eigenvalue weighted by Gasteiger charge is -1.94. The van der Waals surface area contributed by atoms with E-state index in [2.05, 4.69) is 0 Å². The third-order valence-corrected chi connectivity index (χ3v) is 2.08. The van der Waals surface area contributed by atoms with E-state index in [4.69, 9.17) is 9.84 Å². The minimum absolute atomic E-state index is 0.166. The molecule has 0 saturated heterocycles. The average molecular weight is 198 g/mol. The molecule has 0 radical (unpaired) electrons. The fourth-order valence-electron chi connectivity index (χ4n) is 1.30. The smallest absolute Gasteiger partial charge is 0.334 e. The summed E-state index contributed by atoms with van der Waals surface area (Å²) in [6, 6.07) is 0. The summed E-state index contributed by atoms with van der Waals surface area (Å²) in [6.07, 6.45) is 2.19. The third kappa shape index (κ3) is 3.20. The Hall–Kier alpha value is -1.32. The van der Waals surface area contributed by atoms with E-state index in [1.165, 1.54) is 0 Å². The molecule has 0 aromatic carbocycles. The van der Waals surface area contributed by atoms with Crippen molar-refractivity contribution in [3.8, 4) is 0 Å². The Morgan fingerprint density at radius 2 is 2.21 bits per heavy atom. The van der Waals surface area contributed by atoms with Crippen molar-refractivity contribution in [2.75, 3.05) is 6.61 Å². The molecule has 0 bridgehead atoms. The zero-order valence-electron chi connectivity index (χ0n) is 8.21. The van der Waals surface area contributed by atoms with E-state index >= 15 is 0 Å². The molecule has 14 heavy (non-hydrogen) atoms. The van der Waals surface area contributed by atoms with Gasteiger partial charge >= 0.3 is 11.9 Å². The molecular formula is C10H14O4. The number of carboxylic acid groups (broad SMARTS) is 1. The number of allylic oxidation sites excluding steroid dienone is 1. The van der Waals surface area contributed by atoms with Crippen molar-refractivity contribution >= 4 is 11.9 Å². The van der Waals surface area contributed by atoms with Crippen molar-refractivity contribution in [1.29, 1.82) is 0 Å². The van der Waals surface area contributed by atoms with Gasteiger partial charge < -0.3 is 9.84 Å². The molecule has 1 aliphatic rings. The summed E-state index contributed by atoms with van der Waals surface area (Å²) in [7, 11) is 0. The highest BCUT2D eigenvalue weighted by Gasteiger charge is 2.28. The lowest BCUT2D eigenvalue weighted by Crippen LogP contribution is -2.00. The molecule has 1 N–H and O–H groups in total. The lowest BCUT2D eigenvalue weighted by atomic mass is 10.2. The molecule has 0 saturated carbocycles. The first-order valence-corrected chi connectivity index (χ1v) is 4.75. The van der Waals surface area contributed by atoms with E-state index in [9.17, 15) is 9.59 Å². The Bertz CT molecular complexity index is 278. The van der Waals surface area contributed by atoms with Gasteiger partial charge in [-0.15, -0.1) is 0 Å². The van der Waals surface area contributed by atoms with Crippen LogP contribution in [0.1, 0.15) is 32.6 Å². The number of aliphatic carboxylic acids is 1. The maximum atomic E-state index is 11.1. The van der Waals surface area contributed by atoms with Crippen LogP contribution in [0.2, 0.25) is 0 Å². The molecule has 4 heteroatoms. The van der Waals surface area contributed by atoms with Gasteiger partial charge in [0.25, 0.3) is 0 Å². The van der Waals surface area contributed by atoms with Gasteiger partial charge in [0.05, 0.1) is 6.61 Å². The quantitative estimate of drug-likeness (QED) is 0.657. The maximum absolute atomic E-state index is 11.1. The Morgan fingerprint density at radius 3 is 2.79 bits per heavy atom. The summed E-state index contributed by atoms with van der Waals surface area (Å²) in [4.78, 5) is 21.3. The number of hydrogen-bond donors (Lipinski definition) is 1. The van der Waals surface area contributed by atoms with Crippen molar-refractivity contribution in [3.05, 3.63) is 11.1 Å². The Morgan fingerprint density at radius 1 is 1.50 bits per heavy atom. The molecular weight excluding hydrogens is 184 g/mol. The van der Waals surface area contributed by atoms with Gasteiger partial charge in [-0.05, 0) is 19.8 Å². The zero-order valence-corrected chi connectivity index (χ0v) is 8.21. The van der Waals surface area contributed by atoms with Crippen molar-refractivity contribution in [2.45, 2.75) is 32.6 Å². The predicted molar refractivity (Wildman–Crippen MR) is 49.8 cm³/mol. The summed E-state index contributed by atoms with van der Waals surface area (Å²) in [6.45, 7) is 2.16. The van der Waals surface area contributed by atoms with Gasteiger partial charge in [-0.1, -0.05) is 5.57 Å². The summed E-state index contributed by atoms with van der Waals surface area (Å²) in [5.41, 5.74) is 1.81. The number of carboxylic acids is 1. The normalized spacial score (nSPS) is 14.1. The molecule has 0 spiro atoms. The molecule has 0 amide bonds. The zero-order chi connectivity index (χ0) is 10.6. The second kappa shape index (κ2) is 4.79. The van der Waals surface area contributed by atoms with Crippen LogP contribution < -0.4 is 0 Å². The van der Waals surface area contributed by atoms with E-state index < -0.39 is 5.97 Å². The second-order valence-corrected chi connectivity index (χ2v) is 3.23. The molecule has 1 aliphatic carbocycles. The summed E-state index contributed by atoms with van der Waals surface area (Å²) in [5, 5.41) is 8.40. The molecule has 1 rings (SSSR count). The van der Waals surface area contributed by atoms with Crippen molar-refractivity contribution < 1.29 is 19.4 Å². The van der Waals surface area contributed by atoms with E-state index in [-0.39, 0.29) is 12.4 Å². The van der Waals surface area contributed by atoms with E-state index in [0.29, 0.717) is 25.9 Å². The molecule has 0 unspecified atom stereocenters. The number of hydrogen-bond acceptors (Lipinski definition) is 3. The largest absolute Gasteiger partial charge is 0.481 e. The highest BCUT2D eigenvalue weighted by atomic mass is 16.5. The highest BCUT2D eigenvalue weighted by molar-refractivity contribution is 5.94. The molecule has 0 atom stereocenters. The van der Waals surface area contributed by atoms with Crippen molar-refractivity contribution in [2.24, 2.45) is 0 Å². The van der Waals surface area contributed by atoms with Crippen molar-refractivity contribution in [1.82, 2.24) is 0 Å². The molecule has 0 aliphatic heterocycles. The summed E-state index contributed by atoms with van der Waals surface area (Å²) < 4.78 is 4.81.